The smallest absolute Gasteiger partial charge is 0.197 e. The SMILES string of the molecule is CCc1nc(C2CCCC2)oc1CNC. The lowest BCUT2D eigenvalue weighted by Crippen LogP contribution is -2.05. The van der Waals surface area contributed by atoms with Gasteiger partial charge >= 0.3 is 0 Å². The van der Waals surface area contributed by atoms with Gasteiger partial charge in [-0.3, -0.25) is 0 Å². The molecule has 0 bridgehead atoms. The minimum absolute atomic E-state index is 0.584. The van der Waals surface area contributed by atoms with Crippen molar-refractivity contribution in [3.05, 3.63) is 17.3 Å². The second-order valence-electron chi connectivity index (χ2n) is 4.29. The number of nitrogens with zero attached hydrogens (tertiary/aromatic N) is 1. The van der Waals surface area contributed by atoms with Gasteiger partial charge in [-0.1, -0.05) is 19.8 Å². The maximum atomic E-state index is 5.86. The van der Waals surface area contributed by atoms with E-state index in [1.54, 1.807) is 0 Å². The molecule has 0 unspecified atom stereocenters. The Kier molecular flexibility index (Phi) is 3.41. The van der Waals surface area contributed by atoms with Gasteiger partial charge < -0.3 is 9.73 Å². The molecule has 1 saturated carbocycles. The summed E-state index contributed by atoms with van der Waals surface area (Å²) < 4.78 is 5.86. The molecule has 0 aromatic carbocycles. The van der Waals surface area contributed by atoms with Crippen molar-refractivity contribution in [3.8, 4) is 0 Å². The third-order valence-corrected chi connectivity index (χ3v) is 3.17. The topological polar surface area (TPSA) is 38.1 Å². The number of hydrogen-bond acceptors (Lipinski definition) is 3. The number of oxazole rings is 1. The summed E-state index contributed by atoms with van der Waals surface area (Å²) in [5.74, 6) is 2.59. The van der Waals surface area contributed by atoms with Crippen LogP contribution in [-0.2, 0) is 13.0 Å². The second-order valence-corrected chi connectivity index (χ2v) is 4.29. The largest absolute Gasteiger partial charge is 0.444 e. The van der Waals surface area contributed by atoms with Crippen molar-refractivity contribution in [2.75, 3.05) is 7.05 Å². The molecule has 3 heteroatoms. The molecule has 3 nitrogen and oxygen atoms in total. The van der Waals surface area contributed by atoms with Gasteiger partial charge in [0.15, 0.2) is 5.89 Å². The molecule has 1 aliphatic carbocycles. The number of aryl methyl sites for hydroxylation is 1. The first-order valence-corrected chi connectivity index (χ1v) is 5.98. The van der Waals surface area contributed by atoms with Crippen LogP contribution in [0.4, 0.5) is 0 Å². The highest BCUT2D eigenvalue weighted by Crippen LogP contribution is 2.34. The first kappa shape index (κ1) is 10.7. The molecule has 1 aromatic heterocycles. The van der Waals surface area contributed by atoms with Gasteiger partial charge in [-0.25, -0.2) is 4.98 Å². The Morgan fingerprint density at radius 3 is 2.73 bits per heavy atom. The van der Waals surface area contributed by atoms with Crippen LogP contribution in [0.15, 0.2) is 4.42 Å². The zero-order valence-corrected chi connectivity index (χ0v) is 9.68. The van der Waals surface area contributed by atoms with Gasteiger partial charge in [-0.05, 0) is 26.3 Å². The Morgan fingerprint density at radius 2 is 2.13 bits per heavy atom. The van der Waals surface area contributed by atoms with E-state index in [-0.39, 0.29) is 0 Å². The summed E-state index contributed by atoms with van der Waals surface area (Å²) in [4.78, 5) is 4.62. The third-order valence-electron chi connectivity index (χ3n) is 3.17. The highest BCUT2D eigenvalue weighted by atomic mass is 16.4. The summed E-state index contributed by atoms with van der Waals surface area (Å²) in [7, 11) is 1.94. The lowest BCUT2D eigenvalue weighted by Gasteiger charge is -2.01. The zero-order chi connectivity index (χ0) is 10.7. The van der Waals surface area contributed by atoms with Crippen LogP contribution in [-0.4, -0.2) is 12.0 Å². The Morgan fingerprint density at radius 1 is 1.40 bits per heavy atom. The summed E-state index contributed by atoms with van der Waals surface area (Å²) >= 11 is 0. The zero-order valence-electron chi connectivity index (χ0n) is 9.68. The van der Waals surface area contributed by atoms with E-state index in [4.69, 9.17) is 4.42 Å². The van der Waals surface area contributed by atoms with Crippen molar-refractivity contribution in [2.45, 2.75) is 51.5 Å². The van der Waals surface area contributed by atoms with Crippen LogP contribution in [0.1, 0.15) is 55.9 Å². The molecule has 0 atom stereocenters. The van der Waals surface area contributed by atoms with E-state index in [2.05, 4.69) is 17.2 Å². The number of nitrogens with one attached hydrogen (secondary N) is 1. The first-order valence-electron chi connectivity index (χ1n) is 5.98. The standard InChI is InChI=1S/C12H20N2O/c1-3-10-11(8-13-2)15-12(14-10)9-6-4-5-7-9/h9,13H,3-8H2,1-2H3. The second kappa shape index (κ2) is 4.79. The molecule has 0 radical (unpaired) electrons. The Bertz CT molecular complexity index is 313. The van der Waals surface area contributed by atoms with Gasteiger partial charge in [0.05, 0.1) is 12.2 Å². The van der Waals surface area contributed by atoms with Crippen LogP contribution in [0, 0.1) is 0 Å². The molecule has 1 N–H and O–H groups in total. The molecule has 1 fully saturated rings. The van der Waals surface area contributed by atoms with Crippen LogP contribution < -0.4 is 5.32 Å². The van der Waals surface area contributed by atoms with E-state index in [0.29, 0.717) is 5.92 Å². The minimum Gasteiger partial charge on any atom is -0.444 e. The fourth-order valence-corrected chi connectivity index (χ4v) is 2.33. The average Bonchev–Trinajstić information content (AvgIpc) is 2.84. The van der Waals surface area contributed by atoms with Crippen LogP contribution in [0.5, 0.6) is 0 Å². The fraction of sp³-hybridized carbons (Fsp3) is 0.750. The number of hydrogen-bond donors (Lipinski definition) is 1. The molecule has 0 amide bonds. The van der Waals surface area contributed by atoms with Crippen molar-refractivity contribution in [2.24, 2.45) is 0 Å². The number of rotatable bonds is 4. The molecule has 0 saturated heterocycles. The molecule has 0 spiro atoms. The summed E-state index contributed by atoms with van der Waals surface area (Å²) in [5.41, 5.74) is 1.13. The van der Waals surface area contributed by atoms with Crippen molar-refractivity contribution >= 4 is 0 Å². The van der Waals surface area contributed by atoms with E-state index in [1.807, 2.05) is 7.05 Å². The van der Waals surface area contributed by atoms with E-state index in [9.17, 15) is 0 Å². The maximum absolute atomic E-state index is 5.86. The lowest BCUT2D eigenvalue weighted by atomic mass is 10.1. The van der Waals surface area contributed by atoms with Crippen LogP contribution in [0.2, 0.25) is 0 Å². The minimum atomic E-state index is 0.584. The van der Waals surface area contributed by atoms with Gasteiger partial charge in [0.25, 0.3) is 0 Å². The molecule has 1 aromatic rings. The van der Waals surface area contributed by atoms with Gasteiger partial charge in [-0.15, -0.1) is 0 Å². The molecule has 2 rings (SSSR count). The van der Waals surface area contributed by atoms with Gasteiger partial charge in [0, 0.05) is 5.92 Å². The predicted molar refractivity (Wildman–Crippen MR) is 59.9 cm³/mol. The van der Waals surface area contributed by atoms with Crippen molar-refractivity contribution < 1.29 is 4.42 Å². The first-order chi connectivity index (χ1) is 7.35. The van der Waals surface area contributed by atoms with E-state index < -0.39 is 0 Å². The fourth-order valence-electron chi connectivity index (χ4n) is 2.33. The highest BCUT2D eigenvalue weighted by Gasteiger charge is 2.23. The van der Waals surface area contributed by atoms with Gasteiger partial charge in [0.2, 0.25) is 0 Å². The Hall–Kier alpha value is -0.830. The summed E-state index contributed by atoms with van der Waals surface area (Å²) in [6.45, 7) is 2.93. The van der Waals surface area contributed by atoms with Crippen LogP contribution in [0.3, 0.4) is 0 Å². The maximum Gasteiger partial charge on any atom is 0.197 e. The molecule has 1 aliphatic rings. The predicted octanol–water partition coefficient (Wildman–Crippen LogP) is 2.61. The molecule has 1 heterocycles. The summed E-state index contributed by atoms with van der Waals surface area (Å²) in [5, 5.41) is 3.13. The normalized spacial score (nSPS) is 17.5. The molecular formula is C12H20N2O. The summed E-state index contributed by atoms with van der Waals surface area (Å²) in [6.07, 6.45) is 6.13. The van der Waals surface area contributed by atoms with E-state index in [1.165, 1.54) is 25.7 Å². The number of aromatic nitrogens is 1. The van der Waals surface area contributed by atoms with E-state index >= 15 is 0 Å². The van der Waals surface area contributed by atoms with Crippen molar-refractivity contribution in [1.82, 2.24) is 10.3 Å². The van der Waals surface area contributed by atoms with Gasteiger partial charge in [0.1, 0.15) is 5.76 Å². The Labute approximate surface area is 91.3 Å². The molecule has 84 valence electrons. The summed E-state index contributed by atoms with van der Waals surface area (Å²) in [6, 6.07) is 0. The third kappa shape index (κ3) is 2.23. The van der Waals surface area contributed by atoms with E-state index in [0.717, 1.165) is 30.3 Å². The van der Waals surface area contributed by atoms with Crippen molar-refractivity contribution in [1.29, 1.82) is 0 Å². The Balaban J connectivity index is 2.17. The van der Waals surface area contributed by atoms with Crippen molar-refractivity contribution in [3.63, 3.8) is 0 Å². The molecule has 0 aliphatic heterocycles. The lowest BCUT2D eigenvalue weighted by molar-refractivity contribution is 0.412. The quantitative estimate of drug-likeness (QED) is 0.826. The average molecular weight is 208 g/mol. The highest BCUT2D eigenvalue weighted by molar-refractivity contribution is 5.12. The monoisotopic (exact) mass is 208 g/mol. The van der Waals surface area contributed by atoms with Gasteiger partial charge in [-0.2, -0.15) is 0 Å². The van der Waals surface area contributed by atoms with Crippen LogP contribution in [0.25, 0.3) is 0 Å². The molecule has 15 heavy (non-hydrogen) atoms. The van der Waals surface area contributed by atoms with Crippen LogP contribution >= 0.6 is 0 Å². The molecular weight excluding hydrogens is 188 g/mol.